The van der Waals surface area contributed by atoms with E-state index in [2.05, 4.69) is 10.6 Å². The van der Waals surface area contributed by atoms with Gasteiger partial charge in [-0.15, -0.1) is 0 Å². The Balaban J connectivity index is 1.99. The first-order valence-electron chi connectivity index (χ1n) is 7.60. The van der Waals surface area contributed by atoms with Gasteiger partial charge in [0.15, 0.2) is 0 Å². The molecule has 4 nitrogen and oxygen atoms in total. The van der Waals surface area contributed by atoms with Gasteiger partial charge in [0.25, 0.3) is 5.91 Å². The quantitative estimate of drug-likeness (QED) is 0.910. The summed E-state index contributed by atoms with van der Waals surface area (Å²) in [6.45, 7) is 7.75. The fourth-order valence-corrected chi connectivity index (χ4v) is 2.64. The number of benzene rings is 2. The van der Waals surface area contributed by atoms with Crippen LogP contribution in [0, 0.1) is 27.7 Å². The predicted molar refractivity (Wildman–Crippen MR) is 92.8 cm³/mol. The molecule has 0 saturated carbocycles. The molecule has 0 aliphatic heterocycles. The highest BCUT2D eigenvalue weighted by Crippen LogP contribution is 2.21. The van der Waals surface area contributed by atoms with Gasteiger partial charge >= 0.3 is 0 Å². The summed E-state index contributed by atoms with van der Waals surface area (Å²) in [4.78, 5) is 24.2. The van der Waals surface area contributed by atoms with Crippen molar-refractivity contribution >= 4 is 17.5 Å². The third-order valence-electron chi connectivity index (χ3n) is 3.74. The first-order chi connectivity index (χ1) is 10.9. The molecule has 0 heterocycles. The molecule has 0 radical (unpaired) electrons. The number of hydrogen-bond donors (Lipinski definition) is 2. The minimum absolute atomic E-state index is 0.0556. The molecular formula is C19H22N2O2. The Bertz CT molecular complexity index is 728. The van der Waals surface area contributed by atoms with Gasteiger partial charge in [-0.1, -0.05) is 35.9 Å². The number of amides is 2. The summed E-state index contributed by atoms with van der Waals surface area (Å²) >= 11 is 0. The summed E-state index contributed by atoms with van der Waals surface area (Å²) in [7, 11) is 0. The second-order valence-corrected chi connectivity index (χ2v) is 5.82. The Morgan fingerprint density at radius 1 is 0.913 bits per heavy atom. The van der Waals surface area contributed by atoms with Crippen LogP contribution < -0.4 is 10.6 Å². The number of carbonyl (C=O) groups excluding carboxylic acids is 2. The molecule has 0 fully saturated rings. The maximum absolute atomic E-state index is 12.1. The molecule has 4 heteroatoms. The normalized spacial score (nSPS) is 10.3. The Hall–Kier alpha value is -2.62. The largest absolute Gasteiger partial charge is 0.343 e. The fraction of sp³-hybridized carbons (Fsp3) is 0.263. The molecule has 2 aromatic carbocycles. The number of aryl methyl sites for hydroxylation is 4. The van der Waals surface area contributed by atoms with Crippen LogP contribution in [0.15, 0.2) is 36.4 Å². The molecule has 120 valence electrons. The van der Waals surface area contributed by atoms with E-state index in [0.29, 0.717) is 5.56 Å². The van der Waals surface area contributed by atoms with E-state index in [9.17, 15) is 9.59 Å². The van der Waals surface area contributed by atoms with E-state index in [0.717, 1.165) is 27.9 Å². The van der Waals surface area contributed by atoms with Crippen LogP contribution >= 0.6 is 0 Å². The van der Waals surface area contributed by atoms with Crippen LogP contribution in [-0.4, -0.2) is 18.4 Å². The fourth-order valence-electron chi connectivity index (χ4n) is 2.64. The SMILES string of the molecule is Cc1cc(C)c(NC(=O)CNC(=O)c2ccccc2C)c(C)c1. The Morgan fingerprint density at radius 2 is 1.52 bits per heavy atom. The van der Waals surface area contributed by atoms with Crippen LogP contribution in [0.25, 0.3) is 0 Å². The van der Waals surface area contributed by atoms with E-state index in [-0.39, 0.29) is 18.4 Å². The number of nitrogens with one attached hydrogen (secondary N) is 2. The van der Waals surface area contributed by atoms with Crippen LogP contribution in [0.2, 0.25) is 0 Å². The van der Waals surface area contributed by atoms with Gasteiger partial charge in [-0.25, -0.2) is 0 Å². The molecule has 2 aromatic rings. The highest BCUT2D eigenvalue weighted by Gasteiger charge is 2.12. The van der Waals surface area contributed by atoms with Crippen LogP contribution in [0.4, 0.5) is 5.69 Å². The molecule has 0 atom stereocenters. The van der Waals surface area contributed by atoms with Gasteiger partial charge in [0.2, 0.25) is 5.91 Å². The lowest BCUT2D eigenvalue weighted by molar-refractivity contribution is -0.115. The Morgan fingerprint density at radius 3 is 2.13 bits per heavy atom. The van der Waals surface area contributed by atoms with Crippen molar-refractivity contribution in [2.24, 2.45) is 0 Å². The van der Waals surface area contributed by atoms with Gasteiger partial charge in [0, 0.05) is 11.3 Å². The summed E-state index contributed by atoms with van der Waals surface area (Å²) in [6.07, 6.45) is 0. The topological polar surface area (TPSA) is 58.2 Å². The number of rotatable bonds is 4. The molecule has 0 aliphatic carbocycles. The molecule has 2 rings (SSSR count). The van der Waals surface area contributed by atoms with Gasteiger partial charge in [-0.3, -0.25) is 9.59 Å². The van der Waals surface area contributed by atoms with Crippen molar-refractivity contribution in [2.45, 2.75) is 27.7 Å². The monoisotopic (exact) mass is 310 g/mol. The predicted octanol–water partition coefficient (Wildman–Crippen LogP) is 3.29. The molecule has 0 bridgehead atoms. The van der Waals surface area contributed by atoms with Crippen molar-refractivity contribution in [1.82, 2.24) is 5.32 Å². The molecule has 2 N–H and O–H groups in total. The molecule has 0 saturated heterocycles. The van der Waals surface area contributed by atoms with Crippen LogP contribution in [0.3, 0.4) is 0 Å². The lowest BCUT2D eigenvalue weighted by atomic mass is 10.1. The van der Waals surface area contributed by atoms with Crippen molar-refractivity contribution in [1.29, 1.82) is 0 Å². The van der Waals surface area contributed by atoms with E-state index >= 15 is 0 Å². The molecular weight excluding hydrogens is 288 g/mol. The first kappa shape index (κ1) is 16.7. The van der Waals surface area contributed by atoms with Gasteiger partial charge < -0.3 is 10.6 Å². The maximum atomic E-state index is 12.1. The second-order valence-electron chi connectivity index (χ2n) is 5.82. The average Bonchev–Trinajstić information content (AvgIpc) is 2.49. The van der Waals surface area contributed by atoms with Crippen LogP contribution in [0.1, 0.15) is 32.6 Å². The third-order valence-corrected chi connectivity index (χ3v) is 3.74. The number of anilines is 1. The summed E-state index contributed by atoms with van der Waals surface area (Å²) in [5, 5.41) is 5.53. The van der Waals surface area contributed by atoms with Gasteiger partial charge in [-0.2, -0.15) is 0 Å². The Kier molecular flexibility index (Phi) is 5.16. The van der Waals surface area contributed by atoms with Crippen molar-refractivity contribution < 1.29 is 9.59 Å². The van der Waals surface area contributed by atoms with Gasteiger partial charge in [0.1, 0.15) is 0 Å². The van der Waals surface area contributed by atoms with E-state index < -0.39 is 0 Å². The van der Waals surface area contributed by atoms with Gasteiger partial charge in [0.05, 0.1) is 6.54 Å². The van der Waals surface area contributed by atoms with Crippen molar-refractivity contribution in [3.63, 3.8) is 0 Å². The molecule has 0 aromatic heterocycles. The summed E-state index contributed by atoms with van der Waals surface area (Å²) in [5.41, 5.74) is 5.47. The molecule has 0 unspecified atom stereocenters. The average molecular weight is 310 g/mol. The zero-order chi connectivity index (χ0) is 17.0. The standard InChI is InChI=1S/C19H22N2O2/c1-12-9-14(3)18(15(4)10-12)21-17(22)11-20-19(23)16-8-6-5-7-13(16)2/h5-10H,11H2,1-4H3,(H,20,23)(H,21,22). The molecule has 0 aliphatic rings. The van der Waals surface area contributed by atoms with Crippen molar-refractivity contribution in [2.75, 3.05) is 11.9 Å². The van der Waals surface area contributed by atoms with Gasteiger partial charge in [-0.05, 0) is 50.5 Å². The smallest absolute Gasteiger partial charge is 0.251 e. The summed E-state index contributed by atoms with van der Waals surface area (Å²) < 4.78 is 0. The van der Waals surface area contributed by atoms with E-state index in [1.807, 2.05) is 52.0 Å². The zero-order valence-electron chi connectivity index (χ0n) is 14.0. The lowest BCUT2D eigenvalue weighted by Gasteiger charge is -2.13. The molecule has 0 spiro atoms. The van der Waals surface area contributed by atoms with E-state index in [4.69, 9.17) is 0 Å². The third kappa shape index (κ3) is 4.19. The first-order valence-corrected chi connectivity index (χ1v) is 7.60. The van der Waals surface area contributed by atoms with Crippen LogP contribution in [0.5, 0.6) is 0 Å². The number of hydrogen-bond acceptors (Lipinski definition) is 2. The highest BCUT2D eigenvalue weighted by molar-refractivity contribution is 6.00. The summed E-state index contributed by atoms with van der Waals surface area (Å²) in [5.74, 6) is -0.474. The lowest BCUT2D eigenvalue weighted by Crippen LogP contribution is -2.33. The minimum Gasteiger partial charge on any atom is -0.343 e. The number of carbonyl (C=O) groups is 2. The summed E-state index contributed by atoms with van der Waals surface area (Å²) in [6, 6.07) is 11.3. The molecule has 2 amide bonds. The van der Waals surface area contributed by atoms with E-state index in [1.54, 1.807) is 12.1 Å². The highest BCUT2D eigenvalue weighted by atomic mass is 16.2. The van der Waals surface area contributed by atoms with E-state index in [1.165, 1.54) is 0 Å². The zero-order valence-corrected chi connectivity index (χ0v) is 14.0. The van der Waals surface area contributed by atoms with Crippen molar-refractivity contribution in [3.05, 3.63) is 64.2 Å². The maximum Gasteiger partial charge on any atom is 0.251 e. The Labute approximate surface area is 136 Å². The second kappa shape index (κ2) is 7.09. The van der Waals surface area contributed by atoms with Crippen molar-refractivity contribution in [3.8, 4) is 0 Å². The van der Waals surface area contributed by atoms with Crippen LogP contribution in [-0.2, 0) is 4.79 Å². The minimum atomic E-state index is -0.240. The molecule has 23 heavy (non-hydrogen) atoms.